The van der Waals surface area contributed by atoms with E-state index >= 15 is 0 Å². The molecule has 1 N–H and O–H groups in total. The van der Waals surface area contributed by atoms with Crippen LogP contribution in [0, 0.1) is 0 Å². The second kappa shape index (κ2) is 10.4. The van der Waals surface area contributed by atoms with Gasteiger partial charge in [0.2, 0.25) is 0 Å². The molecule has 0 saturated heterocycles. The summed E-state index contributed by atoms with van der Waals surface area (Å²) in [5.74, 6) is -0.729. The van der Waals surface area contributed by atoms with Crippen molar-refractivity contribution >= 4 is 22.7 Å². The van der Waals surface area contributed by atoms with Crippen LogP contribution in [0.4, 0.5) is 5.69 Å². The minimum absolute atomic E-state index is 0.128. The maximum atomic E-state index is 13.4. The second-order valence-electron chi connectivity index (χ2n) is 7.25. The lowest BCUT2D eigenvalue weighted by Crippen LogP contribution is -2.34. The summed E-state index contributed by atoms with van der Waals surface area (Å²) in [5, 5.41) is 3.72. The van der Waals surface area contributed by atoms with Gasteiger partial charge in [0, 0.05) is 12.7 Å². The zero-order valence-electron chi connectivity index (χ0n) is 18.2. The molecule has 4 rings (SSSR count). The fourth-order valence-electron chi connectivity index (χ4n) is 3.49. The molecule has 2 aromatic heterocycles. The van der Waals surface area contributed by atoms with E-state index in [0.717, 1.165) is 15.9 Å². The first kappa shape index (κ1) is 22.0. The standard InChI is InChI=1S/C25H24N4O4/c1-2-32-25(31)21-22(27-14-13-18-9-5-3-6-10-18)20-15-26-17-28-23(20)29(24(21)30)33-16-19-11-7-4-8-12-19/h3-12,15,17,27H,2,13-14,16H2,1H3. The van der Waals surface area contributed by atoms with Crippen LogP contribution in [0.1, 0.15) is 28.4 Å². The SMILES string of the molecule is CCOC(=O)c1c(NCCc2ccccc2)c2cncnc2n(OCc2ccccc2)c1=O. The lowest BCUT2D eigenvalue weighted by atomic mass is 10.1. The van der Waals surface area contributed by atoms with Gasteiger partial charge < -0.3 is 14.9 Å². The van der Waals surface area contributed by atoms with E-state index in [1.165, 1.54) is 6.33 Å². The van der Waals surface area contributed by atoms with Crippen molar-refractivity contribution in [3.05, 3.63) is 100 Å². The number of fused-ring (bicyclic) bond motifs is 1. The van der Waals surface area contributed by atoms with E-state index in [0.29, 0.717) is 24.0 Å². The predicted octanol–water partition coefficient (Wildman–Crippen LogP) is 3.25. The first-order chi connectivity index (χ1) is 16.2. The van der Waals surface area contributed by atoms with Gasteiger partial charge in [-0.15, -0.1) is 4.73 Å². The highest BCUT2D eigenvalue weighted by molar-refractivity contribution is 6.03. The Labute approximate surface area is 190 Å². The molecule has 0 unspecified atom stereocenters. The third-order valence-electron chi connectivity index (χ3n) is 5.04. The van der Waals surface area contributed by atoms with Gasteiger partial charge in [-0.2, -0.15) is 0 Å². The first-order valence-corrected chi connectivity index (χ1v) is 10.7. The van der Waals surface area contributed by atoms with Crippen LogP contribution in [0.5, 0.6) is 0 Å². The summed E-state index contributed by atoms with van der Waals surface area (Å²) in [6, 6.07) is 19.3. The molecule has 0 spiro atoms. The van der Waals surface area contributed by atoms with Crippen LogP contribution in [0.3, 0.4) is 0 Å². The van der Waals surface area contributed by atoms with Crippen molar-refractivity contribution < 1.29 is 14.4 Å². The number of hydrogen-bond donors (Lipinski definition) is 1. The summed E-state index contributed by atoms with van der Waals surface area (Å²) in [6.45, 7) is 2.45. The third-order valence-corrected chi connectivity index (χ3v) is 5.04. The summed E-state index contributed by atoms with van der Waals surface area (Å²) in [4.78, 5) is 40.4. The minimum atomic E-state index is -0.729. The smallest absolute Gasteiger partial charge is 0.346 e. The fraction of sp³-hybridized carbons (Fsp3) is 0.200. The van der Waals surface area contributed by atoms with Crippen molar-refractivity contribution in [1.29, 1.82) is 0 Å². The summed E-state index contributed by atoms with van der Waals surface area (Å²) in [7, 11) is 0. The molecule has 0 atom stereocenters. The van der Waals surface area contributed by atoms with Crippen molar-refractivity contribution in [2.24, 2.45) is 0 Å². The quantitative estimate of drug-likeness (QED) is 0.396. The van der Waals surface area contributed by atoms with Crippen LogP contribution in [-0.2, 0) is 17.8 Å². The van der Waals surface area contributed by atoms with Gasteiger partial charge in [0.15, 0.2) is 11.2 Å². The van der Waals surface area contributed by atoms with E-state index in [4.69, 9.17) is 9.57 Å². The Morgan fingerprint density at radius 2 is 1.73 bits per heavy atom. The van der Waals surface area contributed by atoms with Crippen LogP contribution in [0.15, 0.2) is 78.0 Å². The van der Waals surface area contributed by atoms with Crippen LogP contribution < -0.4 is 15.7 Å². The maximum absolute atomic E-state index is 13.4. The average molecular weight is 444 g/mol. The van der Waals surface area contributed by atoms with Crippen LogP contribution in [0.25, 0.3) is 11.0 Å². The Kier molecular flexibility index (Phi) is 6.94. The minimum Gasteiger partial charge on any atom is -0.462 e. The van der Waals surface area contributed by atoms with Crippen molar-refractivity contribution in [2.45, 2.75) is 20.0 Å². The zero-order chi connectivity index (χ0) is 23.0. The van der Waals surface area contributed by atoms with Gasteiger partial charge in [0.1, 0.15) is 12.9 Å². The molecule has 2 heterocycles. The summed E-state index contributed by atoms with van der Waals surface area (Å²) in [6.07, 6.45) is 3.59. The van der Waals surface area contributed by atoms with E-state index in [1.54, 1.807) is 13.1 Å². The molecular formula is C25H24N4O4. The van der Waals surface area contributed by atoms with Crippen LogP contribution >= 0.6 is 0 Å². The number of hydrogen-bond acceptors (Lipinski definition) is 7. The van der Waals surface area contributed by atoms with Gasteiger partial charge in [-0.1, -0.05) is 60.7 Å². The first-order valence-electron chi connectivity index (χ1n) is 10.7. The molecule has 168 valence electrons. The number of rotatable bonds is 9. The zero-order valence-corrected chi connectivity index (χ0v) is 18.2. The number of nitrogens with zero attached hydrogens (tertiary/aromatic N) is 3. The molecule has 2 aromatic carbocycles. The van der Waals surface area contributed by atoms with Gasteiger partial charge in [0.05, 0.1) is 17.7 Å². The van der Waals surface area contributed by atoms with Crippen LogP contribution in [-0.4, -0.2) is 33.8 Å². The molecule has 8 nitrogen and oxygen atoms in total. The van der Waals surface area contributed by atoms with Gasteiger partial charge >= 0.3 is 11.5 Å². The highest BCUT2D eigenvalue weighted by atomic mass is 16.7. The maximum Gasteiger partial charge on any atom is 0.346 e. The summed E-state index contributed by atoms with van der Waals surface area (Å²) >= 11 is 0. The fourth-order valence-corrected chi connectivity index (χ4v) is 3.49. The molecule has 8 heteroatoms. The van der Waals surface area contributed by atoms with Crippen molar-refractivity contribution in [3.63, 3.8) is 0 Å². The number of esters is 1. The molecule has 33 heavy (non-hydrogen) atoms. The summed E-state index contributed by atoms with van der Waals surface area (Å²) in [5.41, 5.74) is 1.82. The molecule has 0 fully saturated rings. The number of pyridine rings is 1. The van der Waals surface area contributed by atoms with E-state index < -0.39 is 11.5 Å². The normalized spacial score (nSPS) is 10.7. The molecule has 0 aliphatic heterocycles. The molecule has 0 amide bonds. The lowest BCUT2D eigenvalue weighted by Gasteiger charge is -2.17. The van der Waals surface area contributed by atoms with E-state index in [9.17, 15) is 9.59 Å². The molecule has 0 saturated carbocycles. The van der Waals surface area contributed by atoms with E-state index in [-0.39, 0.29) is 24.4 Å². The van der Waals surface area contributed by atoms with Crippen molar-refractivity contribution in [3.8, 4) is 0 Å². The molecule has 0 aliphatic rings. The molecule has 0 bridgehead atoms. The molecule has 0 aliphatic carbocycles. The predicted molar refractivity (Wildman–Crippen MR) is 125 cm³/mol. The number of carbonyl (C=O) groups excluding carboxylic acids is 1. The number of nitrogens with one attached hydrogen (secondary N) is 1. The molecule has 0 radical (unpaired) electrons. The largest absolute Gasteiger partial charge is 0.462 e. The Bertz CT molecular complexity index is 1290. The van der Waals surface area contributed by atoms with E-state index in [2.05, 4.69) is 15.3 Å². The Balaban J connectivity index is 1.74. The Morgan fingerprint density at radius 3 is 2.42 bits per heavy atom. The van der Waals surface area contributed by atoms with Gasteiger partial charge in [-0.25, -0.2) is 14.8 Å². The topological polar surface area (TPSA) is 95.3 Å². The van der Waals surface area contributed by atoms with Crippen LogP contribution in [0.2, 0.25) is 0 Å². The highest BCUT2D eigenvalue weighted by Gasteiger charge is 2.25. The number of aromatic nitrogens is 3. The van der Waals surface area contributed by atoms with Gasteiger partial charge in [0.25, 0.3) is 0 Å². The summed E-state index contributed by atoms with van der Waals surface area (Å²) < 4.78 is 6.23. The molecule has 4 aromatic rings. The van der Waals surface area contributed by atoms with Gasteiger partial charge in [-0.3, -0.25) is 4.79 Å². The van der Waals surface area contributed by atoms with Crippen molar-refractivity contribution in [1.82, 2.24) is 14.7 Å². The Morgan fingerprint density at radius 1 is 1.03 bits per heavy atom. The second-order valence-corrected chi connectivity index (χ2v) is 7.25. The lowest BCUT2D eigenvalue weighted by molar-refractivity contribution is 0.0513. The third kappa shape index (κ3) is 5.01. The average Bonchev–Trinajstić information content (AvgIpc) is 2.85. The van der Waals surface area contributed by atoms with Crippen molar-refractivity contribution in [2.75, 3.05) is 18.5 Å². The number of ether oxygens (including phenoxy) is 1. The number of benzene rings is 2. The monoisotopic (exact) mass is 444 g/mol. The number of anilines is 1. The molecular weight excluding hydrogens is 420 g/mol. The van der Waals surface area contributed by atoms with E-state index in [1.807, 2.05) is 60.7 Å². The Hall–Kier alpha value is -4.20. The highest BCUT2D eigenvalue weighted by Crippen LogP contribution is 2.24. The van der Waals surface area contributed by atoms with Gasteiger partial charge in [-0.05, 0) is 24.5 Å². The number of carbonyl (C=O) groups is 1.